The van der Waals surface area contributed by atoms with E-state index in [1.165, 1.54) is 5.56 Å². The van der Waals surface area contributed by atoms with Gasteiger partial charge < -0.3 is 15.4 Å². The summed E-state index contributed by atoms with van der Waals surface area (Å²) < 4.78 is 5.80. The molecule has 5 heteroatoms. The predicted octanol–water partition coefficient (Wildman–Crippen LogP) is 3.71. The van der Waals surface area contributed by atoms with Crippen molar-refractivity contribution in [3.63, 3.8) is 0 Å². The fourth-order valence-corrected chi connectivity index (χ4v) is 2.33. The number of terminal acetylenes is 1. The highest BCUT2D eigenvalue weighted by molar-refractivity contribution is 14.0. The van der Waals surface area contributed by atoms with Gasteiger partial charge in [0.2, 0.25) is 0 Å². The molecule has 138 valence electrons. The van der Waals surface area contributed by atoms with Crippen molar-refractivity contribution >= 4 is 29.9 Å². The standard InChI is InChI=1S/C21H25N3O.HI/c1-3-13-23-21(22-4-2)24-15-19-11-8-12-20(14-19)17-25-16-18-9-6-5-7-10-18;/h1,5-12,14H,4,13,15-17H2,2H3,(H2,22,23,24);1H. The van der Waals surface area contributed by atoms with Crippen molar-refractivity contribution in [3.05, 3.63) is 71.3 Å². The van der Waals surface area contributed by atoms with Gasteiger partial charge >= 0.3 is 0 Å². The largest absolute Gasteiger partial charge is 0.372 e. The van der Waals surface area contributed by atoms with Gasteiger partial charge in [0.25, 0.3) is 0 Å². The Morgan fingerprint density at radius 3 is 2.42 bits per heavy atom. The Morgan fingerprint density at radius 2 is 1.69 bits per heavy atom. The number of benzene rings is 2. The molecule has 0 radical (unpaired) electrons. The summed E-state index contributed by atoms with van der Waals surface area (Å²) in [6.45, 7) is 5.07. The highest BCUT2D eigenvalue weighted by atomic mass is 127. The van der Waals surface area contributed by atoms with Crippen LogP contribution in [0.3, 0.4) is 0 Å². The van der Waals surface area contributed by atoms with Crippen molar-refractivity contribution < 1.29 is 4.74 Å². The molecule has 0 unspecified atom stereocenters. The van der Waals surface area contributed by atoms with Gasteiger partial charge in [0, 0.05) is 6.54 Å². The van der Waals surface area contributed by atoms with Gasteiger partial charge in [0.1, 0.15) is 0 Å². The van der Waals surface area contributed by atoms with E-state index in [1.54, 1.807) is 0 Å². The second kappa shape index (κ2) is 13.2. The minimum atomic E-state index is 0. The van der Waals surface area contributed by atoms with Crippen molar-refractivity contribution in [2.75, 3.05) is 13.1 Å². The summed E-state index contributed by atoms with van der Waals surface area (Å²) >= 11 is 0. The number of halogens is 1. The number of nitrogens with one attached hydrogen (secondary N) is 2. The highest BCUT2D eigenvalue weighted by Crippen LogP contribution is 2.09. The summed E-state index contributed by atoms with van der Waals surface area (Å²) in [6, 6.07) is 18.5. The van der Waals surface area contributed by atoms with E-state index in [0.717, 1.165) is 23.6 Å². The van der Waals surface area contributed by atoms with Crippen LogP contribution in [-0.2, 0) is 24.5 Å². The Labute approximate surface area is 173 Å². The summed E-state index contributed by atoms with van der Waals surface area (Å²) in [5, 5.41) is 6.26. The van der Waals surface area contributed by atoms with Gasteiger partial charge in [0.05, 0.1) is 26.3 Å². The maximum atomic E-state index is 5.80. The van der Waals surface area contributed by atoms with Crippen LogP contribution in [0.1, 0.15) is 23.6 Å². The molecule has 0 spiro atoms. The Balaban J connectivity index is 0.00000338. The zero-order chi connectivity index (χ0) is 17.7. The highest BCUT2D eigenvalue weighted by Gasteiger charge is 1.99. The van der Waals surface area contributed by atoms with Crippen LogP contribution in [0.2, 0.25) is 0 Å². The lowest BCUT2D eigenvalue weighted by Gasteiger charge is -2.09. The van der Waals surface area contributed by atoms with E-state index in [4.69, 9.17) is 11.2 Å². The van der Waals surface area contributed by atoms with Crippen molar-refractivity contribution in [1.82, 2.24) is 10.6 Å². The van der Waals surface area contributed by atoms with E-state index in [1.807, 2.05) is 31.2 Å². The molecule has 0 saturated carbocycles. The lowest BCUT2D eigenvalue weighted by atomic mass is 10.1. The monoisotopic (exact) mass is 463 g/mol. The Kier molecular flexibility index (Phi) is 11.2. The van der Waals surface area contributed by atoms with Crippen LogP contribution in [0.4, 0.5) is 0 Å². The average molecular weight is 463 g/mol. The molecule has 0 aliphatic carbocycles. The van der Waals surface area contributed by atoms with E-state index in [-0.39, 0.29) is 24.0 Å². The smallest absolute Gasteiger partial charge is 0.192 e. The zero-order valence-corrected chi connectivity index (χ0v) is 17.4. The van der Waals surface area contributed by atoms with Gasteiger partial charge in [-0.15, -0.1) is 30.4 Å². The molecule has 0 heterocycles. The molecule has 2 aromatic carbocycles. The topological polar surface area (TPSA) is 45.7 Å². The molecule has 2 aromatic rings. The number of ether oxygens (including phenoxy) is 1. The second-order valence-electron chi connectivity index (χ2n) is 5.55. The van der Waals surface area contributed by atoms with Crippen LogP contribution < -0.4 is 10.6 Å². The minimum Gasteiger partial charge on any atom is -0.372 e. The summed E-state index contributed by atoms with van der Waals surface area (Å²) in [5.41, 5.74) is 3.46. The predicted molar refractivity (Wildman–Crippen MR) is 118 cm³/mol. The lowest BCUT2D eigenvalue weighted by molar-refractivity contribution is 0.107. The first-order chi connectivity index (χ1) is 12.3. The molecule has 0 aliphatic heterocycles. The first kappa shape index (κ1) is 22.0. The molecule has 2 rings (SSSR count). The minimum absolute atomic E-state index is 0. The van der Waals surface area contributed by atoms with Crippen molar-refractivity contribution in [3.8, 4) is 12.3 Å². The lowest BCUT2D eigenvalue weighted by Crippen LogP contribution is -2.37. The third-order valence-corrected chi connectivity index (χ3v) is 3.49. The maximum absolute atomic E-state index is 5.80. The Morgan fingerprint density at radius 1 is 1.00 bits per heavy atom. The maximum Gasteiger partial charge on any atom is 0.192 e. The Bertz CT molecular complexity index is 711. The molecule has 0 saturated heterocycles. The quantitative estimate of drug-likeness (QED) is 0.272. The van der Waals surface area contributed by atoms with E-state index >= 15 is 0 Å². The molecule has 26 heavy (non-hydrogen) atoms. The number of guanidine groups is 1. The van der Waals surface area contributed by atoms with Crippen LogP contribution in [-0.4, -0.2) is 19.0 Å². The van der Waals surface area contributed by atoms with Crippen molar-refractivity contribution in [2.24, 2.45) is 4.99 Å². The molecule has 0 amide bonds. The first-order valence-corrected chi connectivity index (χ1v) is 8.47. The molecular weight excluding hydrogens is 437 g/mol. The normalized spacial score (nSPS) is 10.5. The molecule has 0 atom stereocenters. The van der Waals surface area contributed by atoms with Gasteiger partial charge in [-0.1, -0.05) is 60.5 Å². The Hall–Kier alpha value is -2.04. The van der Waals surface area contributed by atoms with Gasteiger partial charge in [-0.3, -0.25) is 0 Å². The van der Waals surface area contributed by atoms with Crippen LogP contribution in [0, 0.1) is 12.3 Å². The molecule has 0 fully saturated rings. The zero-order valence-electron chi connectivity index (χ0n) is 15.1. The van der Waals surface area contributed by atoms with Crippen LogP contribution in [0.5, 0.6) is 0 Å². The van der Waals surface area contributed by atoms with Gasteiger partial charge in [-0.2, -0.15) is 0 Å². The van der Waals surface area contributed by atoms with E-state index in [2.05, 4.69) is 51.9 Å². The van der Waals surface area contributed by atoms with Crippen molar-refractivity contribution in [1.29, 1.82) is 0 Å². The number of hydrogen-bond acceptors (Lipinski definition) is 2. The fraction of sp³-hybridized carbons (Fsp3) is 0.286. The van der Waals surface area contributed by atoms with Crippen LogP contribution in [0.25, 0.3) is 0 Å². The fourth-order valence-electron chi connectivity index (χ4n) is 2.33. The molecule has 0 aromatic heterocycles. The molecule has 4 nitrogen and oxygen atoms in total. The number of nitrogens with zero attached hydrogens (tertiary/aromatic N) is 1. The van der Waals surface area contributed by atoms with E-state index < -0.39 is 0 Å². The van der Waals surface area contributed by atoms with Crippen molar-refractivity contribution in [2.45, 2.75) is 26.7 Å². The summed E-state index contributed by atoms with van der Waals surface area (Å²) in [4.78, 5) is 4.55. The number of hydrogen-bond donors (Lipinski definition) is 2. The third-order valence-electron chi connectivity index (χ3n) is 3.49. The van der Waals surface area contributed by atoms with Gasteiger partial charge in [0.15, 0.2) is 5.96 Å². The number of rotatable bonds is 8. The van der Waals surface area contributed by atoms with Crippen LogP contribution in [0.15, 0.2) is 59.6 Å². The molecule has 0 aliphatic rings. The second-order valence-corrected chi connectivity index (χ2v) is 5.55. The molecular formula is C21H26IN3O. The average Bonchev–Trinajstić information content (AvgIpc) is 2.65. The van der Waals surface area contributed by atoms with Gasteiger partial charge in [-0.05, 0) is 23.6 Å². The summed E-state index contributed by atoms with van der Waals surface area (Å²) in [6.07, 6.45) is 5.28. The molecule has 2 N–H and O–H groups in total. The molecule has 0 bridgehead atoms. The van der Waals surface area contributed by atoms with Crippen LogP contribution >= 0.6 is 24.0 Å². The summed E-state index contributed by atoms with van der Waals surface area (Å²) in [7, 11) is 0. The van der Waals surface area contributed by atoms with E-state index in [9.17, 15) is 0 Å². The van der Waals surface area contributed by atoms with E-state index in [0.29, 0.717) is 26.3 Å². The third kappa shape index (κ3) is 8.37. The first-order valence-electron chi connectivity index (χ1n) is 8.47. The van der Waals surface area contributed by atoms with Gasteiger partial charge in [-0.25, -0.2) is 4.99 Å². The summed E-state index contributed by atoms with van der Waals surface area (Å²) in [5.74, 6) is 3.28. The number of aliphatic imine (C=N–C) groups is 1. The SMILES string of the molecule is C#CCNC(=NCc1cccc(COCc2ccccc2)c1)NCC.I.